The maximum Gasteiger partial charge on any atom is 0.0537 e. The Bertz CT molecular complexity index is 343. The van der Waals surface area contributed by atoms with Gasteiger partial charge in [0.05, 0.1) is 6.20 Å². The topological polar surface area (TPSA) is 29.9 Å². The van der Waals surface area contributed by atoms with Crippen molar-refractivity contribution >= 4 is 0 Å². The lowest BCUT2D eigenvalue weighted by Crippen LogP contribution is -2.26. The van der Waals surface area contributed by atoms with Crippen molar-refractivity contribution in [2.75, 3.05) is 0 Å². The molecule has 16 heavy (non-hydrogen) atoms. The van der Waals surface area contributed by atoms with Crippen LogP contribution in [0.4, 0.5) is 0 Å². The van der Waals surface area contributed by atoms with Gasteiger partial charge in [-0.3, -0.25) is 4.68 Å². The van der Waals surface area contributed by atoms with E-state index in [-0.39, 0.29) is 0 Å². The highest BCUT2D eigenvalue weighted by Crippen LogP contribution is 2.28. The van der Waals surface area contributed by atoms with Gasteiger partial charge in [0.25, 0.3) is 0 Å². The summed E-state index contributed by atoms with van der Waals surface area (Å²) in [5.41, 5.74) is 2.61. The lowest BCUT2D eigenvalue weighted by atomic mass is 10.1. The molecule has 0 radical (unpaired) electrons. The number of nitrogens with zero attached hydrogens (tertiary/aromatic N) is 2. The van der Waals surface area contributed by atoms with Crippen molar-refractivity contribution in [2.24, 2.45) is 13.0 Å². The third kappa shape index (κ3) is 2.46. The van der Waals surface area contributed by atoms with Gasteiger partial charge < -0.3 is 5.32 Å². The van der Waals surface area contributed by atoms with E-state index in [2.05, 4.69) is 24.3 Å². The molecule has 0 aliphatic heterocycles. The zero-order valence-corrected chi connectivity index (χ0v) is 10.7. The van der Waals surface area contributed by atoms with Crippen molar-refractivity contribution in [1.82, 2.24) is 15.1 Å². The molecule has 3 heteroatoms. The Labute approximate surface area is 98.2 Å². The van der Waals surface area contributed by atoms with Crippen molar-refractivity contribution < 1.29 is 0 Å². The molecule has 1 heterocycles. The van der Waals surface area contributed by atoms with Gasteiger partial charge in [-0.1, -0.05) is 13.3 Å². The number of hydrogen-bond donors (Lipinski definition) is 1. The maximum absolute atomic E-state index is 4.27. The minimum atomic E-state index is 0.726. The summed E-state index contributed by atoms with van der Waals surface area (Å²) in [4.78, 5) is 0. The highest BCUT2D eigenvalue weighted by atomic mass is 15.3. The van der Waals surface area contributed by atoms with E-state index in [0.29, 0.717) is 0 Å². The molecular weight excluding hydrogens is 198 g/mol. The summed E-state index contributed by atoms with van der Waals surface area (Å²) in [6, 6.07) is 0.726. The lowest BCUT2D eigenvalue weighted by Gasteiger charge is -2.12. The summed E-state index contributed by atoms with van der Waals surface area (Å²) < 4.78 is 1.94. The molecule has 1 aliphatic carbocycles. The molecule has 1 aromatic heterocycles. The molecule has 1 fully saturated rings. The summed E-state index contributed by atoms with van der Waals surface area (Å²) in [5.74, 6) is 0.951. The normalized spacial score (nSPS) is 25.2. The van der Waals surface area contributed by atoms with E-state index in [1.807, 2.05) is 17.9 Å². The van der Waals surface area contributed by atoms with Crippen LogP contribution in [0.25, 0.3) is 0 Å². The number of aromatic nitrogens is 2. The van der Waals surface area contributed by atoms with E-state index in [4.69, 9.17) is 0 Å². The Morgan fingerprint density at radius 2 is 2.31 bits per heavy atom. The monoisotopic (exact) mass is 221 g/mol. The van der Waals surface area contributed by atoms with Crippen molar-refractivity contribution in [3.8, 4) is 0 Å². The van der Waals surface area contributed by atoms with E-state index in [0.717, 1.165) is 18.5 Å². The van der Waals surface area contributed by atoms with E-state index < -0.39 is 0 Å². The van der Waals surface area contributed by atoms with Crippen molar-refractivity contribution in [2.45, 2.75) is 52.1 Å². The highest BCUT2D eigenvalue weighted by molar-refractivity contribution is 5.15. The fraction of sp³-hybridized carbons (Fsp3) is 0.769. The fourth-order valence-electron chi connectivity index (χ4n) is 2.60. The van der Waals surface area contributed by atoms with Gasteiger partial charge >= 0.3 is 0 Å². The zero-order chi connectivity index (χ0) is 11.5. The smallest absolute Gasteiger partial charge is 0.0537 e. The molecule has 1 N–H and O–H groups in total. The third-order valence-corrected chi connectivity index (χ3v) is 4.04. The summed E-state index contributed by atoms with van der Waals surface area (Å²) in [5, 5.41) is 7.93. The van der Waals surface area contributed by atoms with Gasteiger partial charge in [-0.05, 0) is 32.1 Å². The predicted molar refractivity (Wildman–Crippen MR) is 66.2 cm³/mol. The molecule has 0 amide bonds. The SMILES string of the molecule is CCC1CCC(NCc2cnn(C)c2C)C1. The quantitative estimate of drug-likeness (QED) is 0.846. The number of nitrogens with one attached hydrogen (secondary N) is 1. The molecular formula is C13H23N3. The highest BCUT2D eigenvalue weighted by Gasteiger charge is 2.22. The third-order valence-electron chi connectivity index (χ3n) is 4.04. The Morgan fingerprint density at radius 3 is 2.88 bits per heavy atom. The minimum absolute atomic E-state index is 0.726. The Morgan fingerprint density at radius 1 is 1.50 bits per heavy atom. The van der Waals surface area contributed by atoms with Gasteiger partial charge in [0.15, 0.2) is 0 Å². The minimum Gasteiger partial charge on any atom is -0.310 e. The molecule has 0 aromatic carbocycles. The first kappa shape index (κ1) is 11.6. The summed E-state index contributed by atoms with van der Waals surface area (Å²) in [6.45, 7) is 5.41. The van der Waals surface area contributed by atoms with Gasteiger partial charge in [-0.15, -0.1) is 0 Å². The summed E-state index contributed by atoms with van der Waals surface area (Å²) in [6.07, 6.45) is 7.42. The molecule has 0 spiro atoms. The second-order valence-electron chi connectivity index (χ2n) is 5.04. The van der Waals surface area contributed by atoms with E-state index in [9.17, 15) is 0 Å². The predicted octanol–water partition coefficient (Wildman–Crippen LogP) is 2.40. The van der Waals surface area contributed by atoms with Crippen LogP contribution in [0.2, 0.25) is 0 Å². The van der Waals surface area contributed by atoms with Crippen LogP contribution in [0, 0.1) is 12.8 Å². The lowest BCUT2D eigenvalue weighted by molar-refractivity contribution is 0.476. The average molecular weight is 221 g/mol. The second kappa shape index (κ2) is 5.00. The van der Waals surface area contributed by atoms with Crippen LogP contribution >= 0.6 is 0 Å². The molecule has 3 nitrogen and oxygen atoms in total. The Balaban J connectivity index is 1.82. The van der Waals surface area contributed by atoms with Gasteiger partial charge in [0.1, 0.15) is 0 Å². The van der Waals surface area contributed by atoms with E-state index in [1.54, 1.807) is 0 Å². The number of aryl methyl sites for hydroxylation is 1. The molecule has 2 atom stereocenters. The zero-order valence-electron chi connectivity index (χ0n) is 10.7. The number of hydrogen-bond acceptors (Lipinski definition) is 2. The first-order valence-corrected chi connectivity index (χ1v) is 6.41. The van der Waals surface area contributed by atoms with Crippen LogP contribution in [-0.4, -0.2) is 15.8 Å². The van der Waals surface area contributed by atoms with E-state index >= 15 is 0 Å². The van der Waals surface area contributed by atoms with Crippen LogP contribution in [0.15, 0.2) is 6.20 Å². The Hall–Kier alpha value is -0.830. The average Bonchev–Trinajstić information content (AvgIpc) is 2.86. The number of rotatable bonds is 4. The molecule has 1 saturated carbocycles. The van der Waals surface area contributed by atoms with Gasteiger partial charge in [-0.2, -0.15) is 5.10 Å². The molecule has 1 aromatic rings. The van der Waals surface area contributed by atoms with Gasteiger partial charge in [-0.25, -0.2) is 0 Å². The first-order chi connectivity index (χ1) is 7.70. The summed E-state index contributed by atoms with van der Waals surface area (Å²) >= 11 is 0. The standard InChI is InChI=1S/C13H23N3/c1-4-11-5-6-13(7-11)14-8-12-9-15-16(3)10(12)2/h9,11,13-14H,4-8H2,1-3H3. The van der Waals surface area contributed by atoms with Gasteiger partial charge in [0.2, 0.25) is 0 Å². The van der Waals surface area contributed by atoms with Crippen LogP contribution in [0.3, 0.4) is 0 Å². The molecule has 2 unspecified atom stereocenters. The Kier molecular flexibility index (Phi) is 3.64. The van der Waals surface area contributed by atoms with Crippen molar-refractivity contribution in [3.63, 3.8) is 0 Å². The fourth-order valence-corrected chi connectivity index (χ4v) is 2.60. The first-order valence-electron chi connectivity index (χ1n) is 6.41. The van der Waals surface area contributed by atoms with Crippen molar-refractivity contribution in [1.29, 1.82) is 0 Å². The second-order valence-corrected chi connectivity index (χ2v) is 5.04. The van der Waals surface area contributed by atoms with Crippen LogP contribution in [0.5, 0.6) is 0 Å². The van der Waals surface area contributed by atoms with E-state index in [1.165, 1.54) is 36.9 Å². The van der Waals surface area contributed by atoms with Crippen LogP contribution < -0.4 is 5.32 Å². The van der Waals surface area contributed by atoms with Crippen LogP contribution in [-0.2, 0) is 13.6 Å². The molecule has 0 bridgehead atoms. The van der Waals surface area contributed by atoms with Crippen molar-refractivity contribution in [3.05, 3.63) is 17.5 Å². The maximum atomic E-state index is 4.27. The molecule has 2 rings (SSSR count). The van der Waals surface area contributed by atoms with Crippen LogP contribution in [0.1, 0.15) is 43.9 Å². The largest absolute Gasteiger partial charge is 0.310 e. The van der Waals surface area contributed by atoms with Gasteiger partial charge in [0, 0.05) is 30.9 Å². The summed E-state index contributed by atoms with van der Waals surface area (Å²) in [7, 11) is 2.00. The molecule has 90 valence electrons. The molecule has 1 aliphatic rings. The molecule has 0 saturated heterocycles.